The maximum Gasteiger partial charge on any atom is 0.227 e. The van der Waals surface area contributed by atoms with Crippen LogP contribution in [0.1, 0.15) is 26.5 Å². The Kier molecular flexibility index (Phi) is 3.56. The number of nitrogens with zero attached hydrogens (tertiary/aromatic N) is 1. The van der Waals surface area contributed by atoms with Crippen molar-refractivity contribution in [2.45, 2.75) is 27.2 Å². The fraction of sp³-hybridized carbons (Fsp3) is 0.583. The van der Waals surface area contributed by atoms with Crippen LogP contribution in [0.15, 0.2) is 22.8 Å². The zero-order valence-corrected chi connectivity index (χ0v) is 9.91. The molecule has 0 aliphatic rings. The number of hydrogen-bond donors (Lipinski definition) is 0. The van der Waals surface area contributed by atoms with Crippen molar-refractivity contribution in [1.82, 2.24) is 4.90 Å². The molecule has 0 N–H and O–H groups in total. The van der Waals surface area contributed by atoms with Crippen molar-refractivity contribution >= 4 is 5.91 Å². The highest BCUT2D eigenvalue weighted by Crippen LogP contribution is 2.16. The molecule has 0 aliphatic heterocycles. The van der Waals surface area contributed by atoms with Gasteiger partial charge in [-0.2, -0.15) is 0 Å². The molecule has 1 aromatic heterocycles. The zero-order valence-electron chi connectivity index (χ0n) is 9.91. The van der Waals surface area contributed by atoms with Crippen LogP contribution in [-0.4, -0.2) is 24.4 Å². The van der Waals surface area contributed by atoms with Crippen molar-refractivity contribution in [3.63, 3.8) is 0 Å². The van der Waals surface area contributed by atoms with Gasteiger partial charge in [-0.3, -0.25) is 4.79 Å². The van der Waals surface area contributed by atoms with Crippen LogP contribution in [-0.2, 0) is 11.2 Å². The van der Waals surface area contributed by atoms with Crippen LogP contribution in [0.25, 0.3) is 0 Å². The molecule has 1 heterocycles. The lowest BCUT2D eigenvalue weighted by molar-refractivity contribution is -0.138. The quantitative estimate of drug-likeness (QED) is 0.765. The molecule has 0 saturated heterocycles. The van der Waals surface area contributed by atoms with Crippen LogP contribution in [0.4, 0.5) is 0 Å². The van der Waals surface area contributed by atoms with E-state index in [-0.39, 0.29) is 11.3 Å². The molecule has 0 bridgehead atoms. The van der Waals surface area contributed by atoms with Crippen molar-refractivity contribution in [2.75, 3.05) is 13.6 Å². The number of amides is 1. The van der Waals surface area contributed by atoms with E-state index in [0.29, 0.717) is 6.54 Å². The van der Waals surface area contributed by atoms with E-state index in [1.165, 1.54) is 0 Å². The first kappa shape index (κ1) is 11.8. The normalized spacial score (nSPS) is 11.5. The van der Waals surface area contributed by atoms with Gasteiger partial charge >= 0.3 is 0 Å². The molecule has 0 atom stereocenters. The van der Waals surface area contributed by atoms with E-state index < -0.39 is 0 Å². The molecular formula is C12H19NO2. The predicted molar refractivity (Wildman–Crippen MR) is 59.5 cm³/mol. The van der Waals surface area contributed by atoms with Crippen LogP contribution in [0.3, 0.4) is 0 Å². The summed E-state index contributed by atoms with van der Waals surface area (Å²) in [6, 6.07) is 3.79. The van der Waals surface area contributed by atoms with Gasteiger partial charge in [-0.25, -0.2) is 0 Å². The van der Waals surface area contributed by atoms with Gasteiger partial charge in [0, 0.05) is 25.4 Å². The van der Waals surface area contributed by atoms with Gasteiger partial charge in [0.1, 0.15) is 5.76 Å². The Labute approximate surface area is 91.1 Å². The molecule has 0 aromatic carbocycles. The smallest absolute Gasteiger partial charge is 0.227 e. The Morgan fingerprint density at radius 2 is 2.13 bits per heavy atom. The fourth-order valence-corrected chi connectivity index (χ4v) is 1.41. The molecule has 84 valence electrons. The number of carbonyl (C=O) groups excluding carboxylic acids is 1. The van der Waals surface area contributed by atoms with Gasteiger partial charge in [-0.05, 0) is 12.1 Å². The summed E-state index contributed by atoms with van der Waals surface area (Å²) in [7, 11) is 1.83. The maximum atomic E-state index is 11.8. The summed E-state index contributed by atoms with van der Waals surface area (Å²) < 4.78 is 5.21. The van der Waals surface area contributed by atoms with Gasteiger partial charge in [-0.1, -0.05) is 20.8 Å². The molecule has 1 aromatic rings. The number of likely N-dealkylation sites (N-methyl/N-ethyl adjacent to an activating group) is 1. The van der Waals surface area contributed by atoms with Crippen molar-refractivity contribution in [1.29, 1.82) is 0 Å². The van der Waals surface area contributed by atoms with Gasteiger partial charge in [0.25, 0.3) is 0 Å². The third-order valence-electron chi connectivity index (χ3n) is 2.26. The average molecular weight is 209 g/mol. The Bertz CT molecular complexity index is 309. The topological polar surface area (TPSA) is 33.5 Å². The monoisotopic (exact) mass is 209 g/mol. The largest absolute Gasteiger partial charge is 0.469 e. The third-order valence-corrected chi connectivity index (χ3v) is 2.26. The minimum absolute atomic E-state index is 0.161. The van der Waals surface area contributed by atoms with Crippen molar-refractivity contribution in [3.05, 3.63) is 24.2 Å². The highest BCUT2D eigenvalue weighted by molar-refractivity contribution is 5.81. The van der Waals surface area contributed by atoms with Crippen LogP contribution < -0.4 is 0 Å². The van der Waals surface area contributed by atoms with E-state index in [0.717, 1.165) is 12.2 Å². The lowest BCUT2D eigenvalue weighted by atomic mass is 9.95. The van der Waals surface area contributed by atoms with Gasteiger partial charge in [0.05, 0.1) is 6.26 Å². The first-order chi connectivity index (χ1) is 6.91. The maximum absolute atomic E-state index is 11.8. The Balaban J connectivity index is 2.43. The molecule has 0 fully saturated rings. The molecule has 0 unspecified atom stereocenters. The minimum atomic E-state index is -0.308. The molecule has 0 saturated carbocycles. The summed E-state index contributed by atoms with van der Waals surface area (Å²) in [4.78, 5) is 13.6. The van der Waals surface area contributed by atoms with Gasteiger partial charge in [0.15, 0.2) is 0 Å². The molecule has 0 radical (unpaired) electrons. The summed E-state index contributed by atoms with van der Waals surface area (Å²) in [6.07, 6.45) is 2.42. The molecule has 1 rings (SSSR count). The van der Waals surface area contributed by atoms with Crippen molar-refractivity contribution in [3.8, 4) is 0 Å². The lowest BCUT2D eigenvalue weighted by Gasteiger charge is -2.25. The molecule has 1 amide bonds. The summed E-state index contributed by atoms with van der Waals surface area (Å²) in [5, 5.41) is 0. The number of furan rings is 1. The van der Waals surface area contributed by atoms with Crippen molar-refractivity contribution in [2.24, 2.45) is 5.41 Å². The SMILES string of the molecule is CN(CCc1ccco1)C(=O)C(C)(C)C. The highest BCUT2D eigenvalue weighted by atomic mass is 16.3. The summed E-state index contributed by atoms with van der Waals surface area (Å²) in [6.45, 7) is 6.49. The zero-order chi connectivity index (χ0) is 11.5. The molecule has 3 nitrogen and oxygen atoms in total. The Morgan fingerprint density at radius 1 is 1.47 bits per heavy atom. The van der Waals surface area contributed by atoms with Crippen LogP contribution in [0.5, 0.6) is 0 Å². The molecule has 0 spiro atoms. The van der Waals surface area contributed by atoms with Crippen LogP contribution >= 0.6 is 0 Å². The first-order valence-electron chi connectivity index (χ1n) is 5.19. The van der Waals surface area contributed by atoms with Gasteiger partial charge in [-0.15, -0.1) is 0 Å². The Morgan fingerprint density at radius 3 is 2.60 bits per heavy atom. The average Bonchev–Trinajstić information content (AvgIpc) is 2.63. The first-order valence-corrected chi connectivity index (χ1v) is 5.19. The lowest BCUT2D eigenvalue weighted by Crippen LogP contribution is -2.37. The molecule has 15 heavy (non-hydrogen) atoms. The second-order valence-corrected chi connectivity index (χ2v) is 4.81. The second kappa shape index (κ2) is 4.51. The summed E-state index contributed by atoms with van der Waals surface area (Å²) in [5.41, 5.74) is -0.308. The number of rotatable bonds is 3. The van der Waals surface area contributed by atoms with E-state index in [1.807, 2.05) is 40.0 Å². The van der Waals surface area contributed by atoms with Crippen LogP contribution in [0, 0.1) is 5.41 Å². The van der Waals surface area contributed by atoms with E-state index >= 15 is 0 Å². The Hall–Kier alpha value is -1.25. The van der Waals surface area contributed by atoms with E-state index in [1.54, 1.807) is 11.2 Å². The van der Waals surface area contributed by atoms with E-state index in [4.69, 9.17) is 4.42 Å². The molecule has 0 aliphatic carbocycles. The second-order valence-electron chi connectivity index (χ2n) is 4.81. The number of carbonyl (C=O) groups is 1. The standard InChI is InChI=1S/C12H19NO2/c1-12(2,3)11(14)13(4)8-7-10-6-5-9-15-10/h5-6,9H,7-8H2,1-4H3. The summed E-state index contributed by atoms with van der Waals surface area (Å²) in [5.74, 6) is 1.08. The highest BCUT2D eigenvalue weighted by Gasteiger charge is 2.24. The van der Waals surface area contributed by atoms with E-state index in [9.17, 15) is 4.79 Å². The fourth-order valence-electron chi connectivity index (χ4n) is 1.41. The van der Waals surface area contributed by atoms with Gasteiger partial charge in [0.2, 0.25) is 5.91 Å². The minimum Gasteiger partial charge on any atom is -0.469 e. The summed E-state index contributed by atoms with van der Waals surface area (Å²) >= 11 is 0. The third kappa shape index (κ3) is 3.42. The number of hydrogen-bond acceptors (Lipinski definition) is 2. The van der Waals surface area contributed by atoms with Gasteiger partial charge < -0.3 is 9.32 Å². The predicted octanol–water partition coefficient (Wildman–Crippen LogP) is 2.33. The van der Waals surface area contributed by atoms with Crippen molar-refractivity contribution < 1.29 is 9.21 Å². The molecule has 3 heteroatoms. The molecular weight excluding hydrogens is 190 g/mol. The van der Waals surface area contributed by atoms with E-state index in [2.05, 4.69) is 0 Å². The van der Waals surface area contributed by atoms with Crippen LogP contribution in [0.2, 0.25) is 0 Å².